The van der Waals surface area contributed by atoms with Gasteiger partial charge in [0.2, 0.25) is 0 Å². The lowest BCUT2D eigenvalue weighted by molar-refractivity contribution is -0.113. The molecule has 0 spiro atoms. The van der Waals surface area contributed by atoms with Gasteiger partial charge in [-0.1, -0.05) is 77.8 Å². The molecule has 1 heterocycles. The summed E-state index contributed by atoms with van der Waals surface area (Å²) in [5.41, 5.74) is 6.38. The van der Waals surface area contributed by atoms with Gasteiger partial charge < -0.3 is 10.1 Å². The van der Waals surface area contributed by atoms with Crippen LogP contribution in [0.5, 0.6) is 5.75 Å². The van der Waals surface area contributed by atoms with E-state index in [0.29, 0.717) is 5.02 Å². The number of carbonyl (C=O) groups is 1. The number of benzene rings is 3. The van der Waals surface area contributed by atoms with Crippen molar-refractivity contribution in [2.45, 2.75) is 26.2 Å². The summed E-state index contributed by atoms with van der Waals surface area (Å²) >= 11 is 9.62. The van der Waals surface area contributed by atoms with E-state index in [1.807, 2.05) is 66.7 Å². The highest BCUT2D eigenvalue weighted by atomic mass is 79.9. The van der Waals surface area contributed by atoms with Gasteiger partial charge in [0, 0.05) is 38.0 Å². The third kappa shape index (κ3) is 4.80. The largest absolute Gasteiger partial charge is 0.497 e. The predicted molar refractivity (Wildman–Crippen MR) is 151 cm³/mol. The van der Waals surface area contributed by atoms with Crippen molar-refractivity contribution in [3.05, 3.63) is 122 Å². The smallest absolute Gasteiger partial charge is 0.188 e. The van der Waals surface area contributed by atoms with Gasteiger partial charge in [-0.25, -0.2) is 0 Å². The highest BCUT2D eigenvalue weighted by molar-refractivity contribution is 9.10. The molecular formula is C31H27BrClNO2. The van der Waals surface area contributed by atoms with Crippen molar-refractivity contribution in [1.29, 1.82) is 0 Å². The van der Waals surface area contributed by atoms with E-state index in [9.17, 15) is 4.79 Å². The molecule has 1 aliphatic carbocycles. The minimum absolute atomic E-state index is 0.0793. The van der Waals surface area contributed by atoms with Crippen LogP contribution >= 0.6 is 27.5 Å². The third-order valence-electron chi connectivity index (χ3n) is 6.90. The topological polar surface area (TPSA) is 38.3 Å². The molecule has 0 bridgehead atoms. The number of ketones is 1. The van der Waals surface area contributed by atoms with Gasteiger partial charge in [-0.05, 0) is 77.1 Å². The second-order valence-electron chi connectivity index (χ2n) is 9.85. The lowest BCUT2D eigenvalue weighted by Crippen LogP contribution is -2.37. The quantitative estimate of drug-likeness (QED) is 0.327. The Morgan fingerprint density at radius 3 is 2.31 bits per heavy atom. The number of dihydropyridines is 1. The first kappa shape index (κ1) is 24.6. The van der Waals surface area contributed by atoms with E-state index in [1.54, 1.807) is 7.11 Å². The van der Waals surface area contributed by atoms with Crippen LogP contribution in [0.3, 0.4) is 0 Å². The number of allylic oxidation sites excluding steroid dienone is 4. The third-order valence-corrected chi connectivity index (χ3v) is 7.68. The van der Waals surface area contributed by atoms with Gasteiger partial charge in [-0.2, -0.15) is 0 Å². The fourth-order valence-corrected chi connectivity index (χ4v) is 5.37. The van der Waals surface area contributed by atoms with E-state index in [1.165, 1.54) is 0 Å². The normalized spacial score (nSPS) is 20.0. The van der Waals surface area contributed by atoms with Crippen LogP contribution in [0.4, 0.5) is 0 Å². The van der Waals surface area contributed by atoms with Crippen molar-refractivity contribution in [2.24, 2.45) is 5.41 Å². The second kappa shape index (κ2) is 9.76. The van der Waals surface area contributed by atoms with Gasteiger partial charge >= 0.3 is 0 Å². The Kier molecular flexibility index (Phi) is 6.67. The van der Waals surface area contributed by atoms with Crippen LogP contribution in [0.1, 0.15) is 42.9 Å². The fraction of sp³-hybridized carbons (Fsp3) is 0.194. The van der Waals surface area contributed by atoms with Crippen LogP contribution in [-0.4, -0.2) is 12.9 Å². The van der Waals surface area contributed by atoms with Crippen LogP contribution in [0.25, 0.3) is 11.8 Å². The van der Waals surface area contributed by atoms with Gasteiger partial charge in [-0.3, -0.25) is 4.79 Å². The molecule has 0 radical (unpaired) electrons. The summed E-state index contributed by atoms with van der Waals surface area (Å²) in [6.45, 7) is 4.27. The molecule has 1 N–H and O–H groups in total. The van der Waals surface area contributed by atoms with Crippen LogP contribution in [-0.2, 0) is 4.79 Å². The molecule has 36 heavy (non-hydrogen) atoms. The molecule has 3 aromatic carbocycles. The predicted octanol–water partition coefficient (Wildman–Crippen LogP) is 8.18. The van der Waals surface area contributed by atoms with Gasteiger partial charge in [0.05, 0.1) is 7.11 Å². The minimum atomic E-state index is -0.338. The first-order valence-electron chi connectivity index (χ1n) is 11.9. The van der Waals surface area contributed by atoms with Crippen LogP contribution in [0, 0.1) is 5.41 Å². The number of Topliss-reactive ketones (excluding diaryl/α,β-unsaturated/α-hetero) is 1. The minimum Gasteiger partial charge on any atom is -0.497 e. The molecule has 0 saturated heterocycles. The molecule has 5 heteroatoms. The number of rotatable bonds is 4. The Morgan fingerprint density at radius 1 is 1.00 bits per heavy atom. The summed E-state index contributed by atoms with van der Waals surface area (Å²) < 4.78 is 6.40. The highest BCUT2D eigenvalue weighted by Gasteiger charge is 2.42. The van der Waals surface area contributed by atoms with Crippen LogP contribution < -0.4 is 10.1 Å². The zero-order valence-corrected chi connectivity index (χ0v) is 22.8. The van der Waals surface area contributed by atoms with E-state index in [-0.39, 0.29) is 17.1 Å². The van der Waals surface area contributed by atoms with Gasteiger partial charge in [-0.15, -0.1) is 0 Å². The Morgan fingerprint density at radius 2 is 1.67 bits per heavy atom. The maximum atomic E-state index is 14.2. The number of carbonyl (C=O) groups excluding carboxylic acids is 1. The maximum Gasteiger partial charge on any atom is 0.188 e. The number of hydrogen-bond acceptors (Lipinski definition) is 3. The van der Waals surface area contributed by atoms with Gasteiger partial charge in [0.25, 0.3) is 0 Å². The number of ether oxygens (including phenoxy) is 1. The fourth-order valence-electron chi connectivity index (χ4n) is 4.98. The van der Waals surface area contributed by atoms with E-state index < -0.39 is 0 Å². The molecule has 0 saturated carbocycles. The first-order chi connectivity index (χ1) is 17.2. The molecule has 3 nitrogen and oxygen atoms in total. The summed E-state index contributed by atoms with van der Waals surface area (Å²) in [5, 5.41) is 4.31. The molecule has 182 valence electrons. The molecular weight excluding hydrogens is 534 g/mol. The van der Waals surface area contributed by atoms with Crippen molar-refractivity contribution < 1.29 is 9.53 Å². The molecule has 0 fully saturated rings. The van der Waals surface area contributed by atoms with E-state index >= 15 is 0 Å². The molecule has 1 unspecified atom stereocenters. The average Bonchev–Trinajstić information content (AvgIpc) is 2.87. The van der Waals surface area contributed by atoms with E-state index in [0.717, 1.165) is 55.9 Å². The van der Waals surface area contributed by atoms with Crippen molar-refractivity contribution in [1.82, 2.24) is 5.32 Å². The number of methoxy groups -OCH3 is 1. The number of hydrogen-bond donors (Lipinski definition) is 1. The van der Waals surface area contributed by atoms with Gasteiger partial charge in [0.1, 0.15) is 5.75 Å². The average molecular weight is 561 g/mol. The molecule has 5 rings (SSSR count). The monoisotopic (exact) mass is 559 g/mol. The number of halogens is 2. The molecule has 1 atom stereocenters. The zero-order valence-electron chi connectivity index (χ0n) is 20.4. The Bertz CT molecular complexity index is 1400. The molecule has 3 aromatic rings. The summed E-state index contributed by atoms with van der Waals surface area (Å²) in [4.78, 5) is 14.2. The molecule has 0 amide bonds. The lowest BCUT2D eigenvalue weighted by Gasteiger charge is -2.40. The standard InChI is InChI=1S/C31H27BrClNO2/c1-31(2)18-28-29(30(35)26(31)16-19-4-12-23(33)13-5-19)25(20-8-14-24(36-3)15-9-20)17-27(34-28)21-6-10-22(32)11-7-21/h4-17,25,34H,18H2,1-3H3/b26-16+. The molecule has 2 aliphatic rings. The Balaban J connectivity index is 1.63. The second-order valence-corrected chi connectivity index (χ2v) is 11.2. The molecule has 1 aliphatic heterocycles. The highest BCUT2D eigenvalue weighted by Crippen LogP contribution is 2.48. The van der Waals surface area contributed by atoms with Crippen molar-refractivity contribution >= 4 is 45.1 Å². The lowest BCUT2D eigenvalue weighted by atomic mass is 9.67. The maximum absolute atomic E-state index is 14.2. The van der Waals surface area contributed by atoms with E-state index in [2.05, 4.69) is 53.3 Å². The Labute approximate surface area is 225 Å². The number of nitrogens with one attached hydrogen (secondary N) is 1. The van der Waals surface area contributed by atoms with E-state index in [4.69, 9.17) is 16.3 Å². The summed E-state index contributed by atoms with van der Waals surface area (Å²) in [6.07, 6.45) is 4.91. The SMILES string of the molecule is COc1ccc(C2C=C(c3ccc(Br)cc3)NC3=C2C(=O)/C(=C\c2ccc(Cl)cc2)C(C)(C)C3)cc1. The van der Waals surface area contributed by atoms with Crippen LogP contribution in [0.15, 0.2) is 100 Å². The zero-order chi connectivity index (χ0) is 25.4. The summed E-state index contributed by atoms with van der Waals surface area (Å²) in [5.74, 6) is 0.692. The van der Waals surface area contributed by atoms with Gasteiger partial charge in [0.15, 0.2) is 5.78 Å². The van der Waals surface area contributed by atoms with Crippen molar-refractivity contribution in [2.75, 3.05) is 7.11 Å². The van der Waals surface area contributed by atoms with Crippen molar-refractivity contribution in [3.63, 3.8) is 0 Å². The van der Waals surface area contributed by atoms with Crippen LogP contribution in [0.2, 0.25) is 5.02 Å². The summed E-state index contributed by atoms with van der Waals surface area (Å²) in [6, 6.07) is 23.8. The van der Waals surface area contributed by atoms with Crippen molar-refractivity contribution in [3.8, 4) is 5.75 Å². The summed E-state index contributed by atoms with van der Waals surface area (Å²) in [7, 11) is 1.66. The Hall–Kier alpha value is -3.08. The molecule has 0 aromatic heterocycles. The first-order valence-corrected chi connectivity index (χ1v) is 13.1.